The van der Waals surface area contributed by atoms with Gasteiger partial charge < -0.3 is 15.0 Å². The zero-order chi connectivity index (χ0) is 17.5. The average molecular weight is 351 g/mol. The van der Waals surface area contributed by atoms with Crippen molar-refractivity contribution in [3.63, 3.8) is 0 Å². The maximum absolute atomic E-state index is 12.4. The van der Waals surface area contributed by atoms with Crippen LogP contribution in [-0.2, 0) is 4.79 Å². The highest BCUT2D eigenvalue weighted by Gasteiger charge is 2.23. The fourth-order valence-corrected chi connectivity index (χ4v) is 3.93. The van der Waals surface area contributed by atoms with Gasteiger partial charge in [0.25, 0.3) is 0 Å². The van der Waals surface area contributed by atoms with Crippen LogP contribution in [0.4, 0.5) is 0 Å². The monoisotopic (exact) mass is 350 g/mol. The summed E-state index contributed by atoms with van der Waals surface area (Å²) in [7, 11) is 1.66. The Morgan fingerprint density at radius 2 is 2.04 bits per heavy atom. The van der Waals surface area contributed by atoms with E-state index in [1.807, 2.05) is 31.2 Å². The van der Waals surface area contributed by atoms with Crippen LogP contribution in [0.25, 0.3) is 0 Å². The number of amides is 1. The summed E-state index contributed by atoms with van der Waals surface area (Å²) in [5, 5.41) is 3.05. The van der Waals surface area contributed by atoms with E-state index in [9.17, 15) is 4.79 Å². The number of hydrogen-bond donors (Lipinski definition) is 1. The summed E-state index contributed by atoms with van der Waals surface area (Å²) in [6, 6.07) is 8.43. The van der Waals surface area contributed by atoms with Crippen LogP contribution in [0.1, 0.15) is 33.6 Å². The molecule has 0 bridgehead atoms. The lowest BCUT2D eigenvalue weighted by molar-refractivity contribution is -0.120. The van der Waals surface area contributed by atoms with Gasteiger partial charge in [0, 0.05) is 24.0 Å². The minimum atomic E-state index is -0.0943. The third kappa shape index (κ3) is 5.71. The molecular weight excluding hydrogens is 320 g/mol. The summed E-state index contributed by atoms with van der Waals surface area (Å²) < 4.78 is 5.16. The molecule has 5 heteroatoms. The predicted molar refractivity (Wildman–Crippen MR) is 101 cm³/mol. The van der Waals surface area contributed by atoms with Gasteiger partial charge in [-0.15, -0.1) is 11.8 Å². The van der Waals surface area contributed by atoms with Crippen LogP contribution in [0.5, 0.6) is 5.75 Å². The van der Waals surface area contributed by atoms with E-state index in [0.29, 0.717) is 12.0 Å². The normalized spacial score (nSPS) is 20.0. The van der Waals surface area contributed by atoms with Crippen LogP contribution < -0.4 is 10.1 Å². The van der Waals surface area contributed by atoms with Gasteiger partial charge in [0.15, 0.2) is 0 Å². The molecule has 1 amide bonds. The van der Waals surface area contributed by atoms with Crippen molar-refractivity contribution >= 4 is 17.7 Å². The number of carbonyl (C=O) groups is 1. The molecule has 0 aliphatic carbocycles. The maximum atomic E-state index is 12.4. The third-order valence-electron chi connectivity index (χ3n) is 4.59. The number of hydrogen-bond acceptors (Lipinski definition) is 4. The number of carbonyl (C=O) groups excluding carboxylic acids is 1. The van der Waals surface area contributed by atoms with Crippen molar-refractivity contribution in [2.75, 3.05) is 26.7 Å². The Morgan fingerprint density at radius 1 is 1.33 bits per heavy atom. The number of piperidine rings is 1. The first-order chi connectivity index (χ1) is 11.5. The number of likely N-dealkylation sites (tertiary alicyclic amines) is 1. The Hall–Kier alpha value is -1.20. The molecule has 4 nitrogen and oxygen atoms in total. The lowest BCUT2D eigenvalue weighted by atomic mass is 9.97. The first-order valence-electron chi connectivity index (χ1n) is 8.82. The highest BCUT2D eigenvalue weighted by atomic mass is 32.2. The second-order valence-electron chi connectivity index (χ2n) is 6.78. The zero-order valence-electron chi connectivity index (χ0n) is 15.2. The number of nitrogens with zero attached hydrogens (tertiary/aromatic N) is 1. The summed E-state index contributed by atoms with van der Waals surface area (Å²) >= 11 is 1.58. The molecule has 1 heterocycles. The van der Waals surface area contributed by atoms with E-state index in [0.717, 1.165) is 23.7 Å². The summed E-state index contributed by atoms with van der Waals surface area (Å²) in [6.07, 6.45) is 2.44. The fraction of sp³-hybridized carbons (Fsp3) is 0.632. The topological polar surface area (TPSA) is 41.6 Å². The van der Waals surface area contributed by atoms with Crippen LogP contribution in [0.15, 0.2) is 29.2 Å². The smallest absolute Gasteiger partial charge is 0.233 e. The highest BCUT2D eigenvalue weighted by Crippen LogP contribution is 2.25. The molecular formula is C19H30N2O2S. The lowest BCUT2D eigenvalue weighted by Gasteiger charge is -2.35. The fourth-order valence-electron chi connectivity index (χ4n) is 3.03. The van der Waals surface area contributed by atoms with Gasteiger partial charge in [0.2, 0.25) is 5.91 Å². The molecule has 1 saturated heterocycles. The van der Waals surface area contributed by atoms with Crippen LogP contribution in [0.2, 0.25) is 0 Å². The predicted octanol–water partition coefficient (Wildman–Crippen LogP) is 3.41. The van der Waals surface area contributed by atoms with E-state index in [1.165, 1.54) is 19.4 Å². The van der Waals surface area contributed by atoms with Crippen molar-refractivity contribution in [3.8, 4) is 5.75 Å². The number of benzene rings is 1. The van der Waals surface area contributed by atoms with Crippen molar-refractivity contribution in [2.45, 2.75) is 49.8 Å². The molecule has 2 rings (SSSR count). The van der Waals surface area contributed by atoms with Crippen LogP contribution in [-0.4, -0.2) is 48.8 Å². The molecule has 1 N–H and O–H groups in total. The molecule has 0 unspecified atom stereocenters. The summed E-state index contributed by atoms with van der Waals surface area (Å²) in [4.78, 5) is 16.0. The first kappa shape index (κ1) is 19.1. The van der Waals surface area contributed by atoms with E-state index >= 15 is 0 Å². The van der Waals surface area contributed by atoms with Gasteiger partial charge in [-0.25, -0.2) is 0 Å². The van der Waals surface area contributed by atoms with E-state index in [1.54, 1.807) is 18.9 Å². The molecule has 1 aliphatic heterocycles. The second-order valence-corrected chi connectivity index (χ2v) is 8.19. The average Bonchev–Trinajstić information content (AvgIpc) is 2.60. The SMILES string of the molecule is COc1ccc(S[C@@H](C)C(=O)NC[C@@H]2CCCN(C(C)C)C2)cc1. The highest BCUT2D eigenvalue weighted by molar-refractivity contribution is 8.00. The minimum Gasteiger partial charge on any atom is -0.497 e. The van der Waals surface area contributed by atoms with Gasteiger partial charge in [0.1, 0.15) is 5.75 Å². The Morgan fingerprint density at radius 3 is 2.67 bits per heavy atom. The Balaban J connectivity index is 1.76. The Kier molecular flexibility index (Phi) is 7.43. The summed E-state index contributed by atoms with van der Waals surface area (Å²) in [5.74, 6) is 1.53. The van der Waals surface area contributed by atoms with E-state index in [2.05, 4.69) is 24.1 Å². The van der Waals surface area contributed by atoms with Gasteiger partial charge >= 0.3 is 0 Å². The molecule has 1 aliphatic rings. The lowest BCUT2D eigenvalue weighted by Crippen LogP contribution is -2.44. The molecule has 0 spiro atoms. The minimum absolute atomic E-state index is 0.0943. The van der Waals surface area contributed by atoms with Crippen molar-refractivity contribution in [1.82, 2.24) is 10.2 Å². The van der Waals surface area contributed by atoms with Gasteiger partial charge in [-0.3, -0.25) is 4.79 Å². The van der Waals surface area contributed by atoms with Crippen molar-refractivity contribution in [1.29, 1.82) is 0 Å². The molecule has 24 heavy (non-hydrogen) atoms. The second kappa shape index (κ2) is 9.33. The number of methoxy groups -OCH3 is 1. The number of rotatable bonds is 7. The Bertz CT molecular complexity index is 519. The maximum Gasteiger partial charge on any atom is 0.233 e. The molecule has 0 aromatic heterocycles. The summed E-state index contributed by atoms with van der Waals surface area (Å²) in [6.45, 7) is 9.52. The Labute approximate surface area is 150 Å². The largest absolute Gasteiger partial charge is 0.497 e. The van der Waals surface area contributed by atoms with E-state index < -0.39 is 0 Å². The number of thioether (sulfide) groups is 1. The number of nitrogens with one attached hydrogen (secondary N) is 1. The molecule has 1 aromatic carbocycles. The van der Waals surface area contributed by atoms with Gasteiger partial charge in [-0.1, -0.05) is 0 Å². The standard InChI is InChI=1S/C19H30N2O2S/c1-14(2)21-11-5-6-16(13-21)12-20-19(22)15(3)24-18-9-7-17(23-4)8-10-18/h7-10,14-16H,5-6,11-13H2,1-4H3,(H,20,22)/t15-,16-/m0/s1. The van der Waals surface area contributed by atoms with Crippen molar-refractivity contribution < 1.29 is 9.53 Å². The molecule has 0 radical (unpaired) electrons. The van der Waals surface area contributed by atoms with E-state index in [-0.39, 0.29) is 11.2 Å². The zero-order valence-corrected chi connectivity index (χ0v) is 16.1. The van der Waals surface area contributed by atoms with Crippen LogP contribution >= 0.6 is 11.8 Å². The van der Waals surface area contributed by atoms with E-state index in [4.69, 9.17) is 4.74 Å². The number of ether oxygens (including phenoxy) is 1. The molecule has 1 aromatic rings. The molecule has 134 valence electrons. The van der Waals surface area contributed by atoms with Crippen LogP contribution in [0, 0.1) is 5.92 Å². The van der Waals surface area contributed by atoms with Crippen molar-refractivity contribution in [3.05, 3.63) is 24.3 Å². The van der Waals surface area contributed by atoms with Crippen molar-refractivity contribution in [2.24, 2.45) is 5.92 Å². The molecule has 2 atom stereocenters. The molecule has 0 saturated carbocycles. The first-order valence-corrected chi connectivity index (χ1v) is 9.70. The van der Waals surface area contributed by atoms with Crippen LogP contribution in [0.3, 0.4) is 0 Å². The van der Waals surface area contributed by atoms with Gasteiger partial charge in [-0.2, -0.15) is 0 Å². The molecule has 1 fully saturated rings. The summed E-state index contributed by atoms with van der Waals surface area (Å²) in [5.41, 5.74) is 0. The van der Waals surface area contributed by atoms with Gasteiger partial charge in [0.05, 0.1) is 12.4 Å². The third-order valence-corrected chi connectivity index (χ3v) is 5.70. The van der Waals surface area contributed by atoms with Gasteiger partial charge in [-0.05, 0) is 70.3 Å². The quantitative estimate of drug-likeness (QED) is 0.765.